The molecule has 0 spiro atoms. The average molecular weight is 461 g/mol. The second kappa shape index (κ2) is 8.94. The van der Waals surface area contributed by atoms with Crippen molar-refractivity contribution in [2.45, 2.75) is 30.5 Å². The lowest BCUT2D eigenvalue weighted by Gasteiger charge is -2.31. The molecule has 3 aromatic carbocycles. The number of rotatable bonds is 5. The molecule has 0 amide bonds. The van der Waals surface area contributed by atoms with E-state index in [1.807, 2.05) is 60.7 Å². The number of halogens is 4. The average Bonchev–Trinajstić information content (AvgIpc) is 3.15. The molecule has 1 aliphatic heterocycles. The van der Waals surface area contributed by atoms with Crippen LogP contribution in [0.5, 0.6) is 0 Å². The van der Waals surface area contributed by atoms with Gasteiger partial charge in [-0.25, -0.2) is 4.79 Å². The molecule has 3 aromatic rings. The Bertz CT molecular complexity index is 1030. The minimum Gasteiger partial charge on any atom is -0.423 e. The number of nitrogens with one attached hydrogen (secondary N) is 2. The van der Waals surface area contributed by atoms with Crippen LogP contribution in [0, 0.1) is 0 Å². The molecule has 2 atom stereocenters. The van der Waals surface area contributed by atoms with Gasteiger partial charge < -0.3 is 4.74 Å². The first-order chi connectivity index (χ1) is 15.3. The van der Waals surface area contributed by atoms with Gasteiger partial charge in [0.1, 0.15) is 0 Å². The van der Waals surface area contributed by atoms with Crippen molar-refractivity contribution in [3.63, 3.8) is 0 Å². The zero-order valence-corrected chi connectivity index (χ0v) is 17.5. The summed E-state index contributed by atoms with van der Waals surface area (Å²) in [6, 6.07) is 24.4. The van der Waals surface area contributed by atoms with Crippen LogP contribution < -0.4 is 10.6 Å². The van der Waals surface area contributed by atoms with Crippen molar-refractivity contribution in [2.24, 2.45) is 0 Å². The van der Waals surface area contributed by atoms with Gasteiger partial charge in [-0.15, -0.1) is 0 Å². The summed E-state index contributed by atoms with van der Waals surface area (Å²) >= 11 is 6.28. The molecule has 2 unspecified atom stereocenters. The van der Waals surface area contributed by atoms with Crippen LogP contribution in [0.25, 0.3) is 0 Å². The van der Waals surface area contributed by atoms with E-state index in [2.05, 4.69) is 10.6 Å². The van der Waals surface area contributed by atoms with Gasteiger partial charge in [-0.2, -0.15) is 13.2 Å². The van der Waals surface area contributed by atoms with Crippen molar-refractivity contribution in [3.05, 3.63) is 107 Å². The number of alkyl halides is 3. The van der Waals surface area contributed by atoms with Crippen LogP contribution in [-0.2, 0) is 16.0 Å². The van der Waals surface area contributed by atoms with Crippen LogP contribution in [0.4, 0.5) is 13.2 Å². The van der Waals surface area contributed by atoms with Crippen molar-refractivity contribution in [1.82, 2.24) is 10.6 Å². The lowest BCUT2D eigenvalue weighted by molar-refractivity contribution is -0.218. The van der Waals surface area contributed by atoms with E-state index in [-0.39, 0.29) is 6.42 Å². The minimum atomic E-state index is -5.15. The summed E-state index contributed by atoms with van der Waals surface area (Å²) in [5, 5.41) is 6.63. The Kier molecular flexibility index (Phi) is 6.24. The number of esters is 1. The minimum absolute atomic E-state index is 0.110. The highest BCUT2D eigenvalue weighted by Gasteiger charge is 2.52. The maximum atomic E-state index is 13.2. The quantitative estimate of drug-likeness (QED) is 0.506. The van der Waals surface area contributed by atoms with E-state index in [4.69, 9.17) is 16.3 Å². The summed E-state index contributed by atoms with van der Waals surface area (Å²) in [5.74, 6) is -4.12. The van der Waals surface area contributed by atoms with Crippen molar-refractivity contribution in [2.75, 3.05) is 0 Å². The Morgan fingerprint density at radius 2 is 1.31 bits per heavy atom. The van der Waals surface area contributed by atoms with Gasteiger partial charge in [0.25, 0.3) is 0 Å². The molecule has 1 fully saturated rings. The molecule has 2 N–H and O–H groups in total. The summed E-state index contributed by atoms with van der Waals surface area (Å²) in [6.45, 7) is 0. The van der Waals surface area contributed by atoms with E-state index < -0.39 is 30.1 Å². The molecule has 8 heteroatoms. The second-order valence-corrected chi connectivity index (χ2v) is 7.96. The Hall–Kier alpha value is -2.87. The normalized spacial score (nSPS) is 23.1. The fourth-order valence-corrected chi connectivity index (χ4v) is 4.11. The molecule has 166 valence electrons. The lowest BCUT2D eigenvalue weighted by atomic mass is 9.95. The highest BCUT2D eigenvalue weighted by molar-refractivity contribution is 6.31. The number of carbonyl (C=O) groups is 1. The topological polar surface area (TPSA) is 50.4 Å². The standard InChI is InChI=1S/C24H20ClF3N2O2/c25-19-14-8-7-13-18(19)15-23(32-22(31)24(26,27)28)29-20(16-9-3-1-4-10-16)21(30-23)17-11-5-2-6-12-17/h1-14,20-21,29-30H,15H2. The molecule has 1 aliphatic rings. The van der Waals surface area contributed by atoms with Gasteiger partial charge in [-0.3, -0.25) is 10.6 Å². The maximum Gasteiger partial charge on any atom is 0.491 e. The van der Waals surface area contributed by atoms with E-state index in [1.54, 1.807) is 24.3 Å². The maximum absolute atomic E-state index is 13.2. The molecule has 32 heavy (non-hydrogen) atoms. The van der Waals surface area contributed by atoms with Crippen LogP contribution in [-0.4, -0.2) is 18.0 Å². The molecule has 4 rings (SSSR count). The number of ether oxygens (including phenoxy) is 1. The van der Waals surface area contributed by atoms with E-state index in [0.717, 1.165) is 11.1 Å². The Morgan fingerprint density at radius 3 is 1.78 bits per heavy atom. The Morgan fingerprint density at radius 1 is 0.844 bits per heavy atom. The van der Waals surface area contributed by atoms with E-state index in [9.17, 15) is 18.0 Å². The van der Waals surface area contributed by atoms with E-state index in [1.165, 1.54) is 0 Å². The van der Waals surface area contributed by atoms with Gasteiger partial charge in [-0.05, 0) is 22.8 Å². The Labute approximate surface area is 188 Å². The van der Waals surface area contributed by atoms with Crippen LogP contribution in [0.15, 0.2) is 84.9 Å². The summed E-state index contributed by atoms with van der Waals surface area (Å²) in [5.41, 5.74) is 2.19. The zero-order chi connectivity index (χ0) is 22.8. The van der Waals surface area contributed by atoms with E-state index >= 15 is 0 Å². The fraction of sp³-hybridized carbons (Fsp3) is 0.208. The predicted molar refractivity (Wildman–Crippen MR) is 115 cm³/mol. The molecule has 0 aliphatic carbocycles. The van der Waals surface area contributed by atoms with Crippen molar-refractivity contribution >= 4 is 17.6 Å². The zero-order valence-electron chi connectivity index (χ0n) is 16.8. The Balaban J connectivity index is 1.78. The fourth-order valence-electron chi connectivity index (χ4n) is 3.91. The molecular formula is C24H20ClF3N2O2. The molecule has 0 radical (unpaired) electrons. The summed E-state index contributed by atoms with van der Waals surface area (Å²) in [6.07, 6.45) is -5.26. The third kappa shape index (κ3) is 4.80. The molecular weight excluding hydrogens is 441 g/mol. The molecule has 0 saturated carbocycles. The summed E-state index contributed by atoms with van der Waals surface area (Å²) < 4.78 is 44.6. The van der Waals surface area contributed by atoms with Crippen LogP contribution >= 0.6 is 11.6 Å². The highest BCUT2D eigenvalue weighted by atomic mass is 35.5. The largest absolute Gasteiger partial charge is 0.491 e. The van der Waals surface area contributed by atoms with Gasteiger partial charge in [0.2, 0.25) is 5.85 Å². The second-order valence-electron chi connectivity index (χ2n) is 7.55. The van der Waals surface area contributed by atoms with Gasteiger partial charge >= 0.3 is 12.1 Å². The lowest BCUT2D eigenvalue weighted by Crippen LogP contribution is -2.56. The third-order valence-electron chi connectivity index (χ3n) is 5.32. The SMILES string of the molecule is O=C(OC1(Cc2ccccc2Cl)NC(c2ccccc2)C(c2ccccc2)N1)C(F)(F)F. The van der Waals surface area contributed by atoms with Gasteiger partial charge in [0, 0.05) is 11.4 Å². The van der Waals surface area contributed by atoms with Gasteiger partial charge in [0.15, 0.2) is 0 Å². The molecule has 4 nitrogen and oxygen atoms in total. The van der Waals surface area contributed by atoms with Crippen molar-refractivity contribution < 1.29 is 22.7 Å². The van der Waals surface area contributed by atoms with Crippen molar-refractivity contribution in [1.29, 1.82) is 0 Å². The number of hydrogen-bond donors (Lipinski definition) is 2. The number of hydrogen-bond acceptors (Lipinski definition) is 4. The monoisotopic (exact) mass is 460 g/mol. The smallest absolute Gasteiger partial charge is 0.423 e. The summed E-state index contributed by atoms with van der Waals surface area (Å²) in [4.78, 5) is 11.9. The number of carbonyl (C=O) groups excluding carboxylic acids is 1. The highest BCUT2D eigenvalue weighted by Crippen LogP contribution is 2.40. The summed E-state index contributed by atoms with van der Waals surface area (Å²) in [7, 11) is 0. The van der Waals surface area contributed by atoms with Crippen LogP contribution in [0.2, 0.25) is 5.02 Å². The van der Waals surface area contributed by atoms with Gasteiger partial charge in [0.05, 0.1) is 12.1 Å². The first-order valence-corrected chi connectivity index (χ1v) is 10.3. The molecule has 0 bridgehead atoms. The molecule has 1 saturated heterocycles. The van der Waals surface area contributed by atoms with Crippen LogP contribution in [0.3, 0.4) is 0 Å². The molecule has 1 heterocycles. The molecule has 0 aromatic heterocycles. The van der Waals surface area contributed by atoms with E-state index in [0.29, 0.717) is 10.6 Å². The number of benzene rings is 3. The van der Waals surface area contributed by atoms with Crippen molar-refractivity contribution in [3.8, 4) is 0 Å². The third-order valence-corrected chi connectivity index (χ3v) is 5.69. The first-order valence-electron chi connectivity index (χ1n) is 9.96. The van der Waals surface area contributed by atoms with Gasteiger partial charge in [-0.1, -0.05) is 90.5 Å². The van der Waals surface area contributed by atoms with Crippen LogP contribution in [0.1, 0.15) is 28.8 Å². The predicted octanol–water partition coefficient (Wildman–Crippen LogP) is 5.32. The first kappa shape index (κ1) is 22.3.